The molecule has 6 heteroatoms. The second-order valence-corrected chi connectivity index (χ2v) is 6.88. The Morgan fingerprint density at radius 3 is 2.40 bits per heavy atom. The van der Waals surface area contributed by atoms with Crippen LogP contribution in [-0.4, -0.2) is 48.1 Å². The molecule has 0 aromatic heterocycles. The fourth-order valence-corrected chi connectivity index (χ4v) is 3.67. The topological polar surface area (TPSA) is 69.6 Å². The van der Waals surface area contributed by atoms with Crippen LogP contribution in [-0.2, 0) is 15.0 Å². The Balaban J connectivity index is 1.97. The lowest BCUT2D eigenvalue weighted by Crippen LogP contribution is -2.44. The number of rotatable bonds is 9. The maximum atomic E-state index is 13.2. The predicted molar refractivity (Wildman–Crippen MR) is 93.9 cm³/mol. The van der Waals surface area contributed by atoms with Gasteiger partial charge in [0.05, 0.1) is 13.1 Å². The second-order valence-electron chi connectivity index (χ2n) is 6.88. The maximum Gasteiger partial charge on any atom is 0.317 e. The maximum absolute atomic E-state index is 13.2. The highest BCUT2D eigenvalue weighted by Gasteiger charge is 2.36. The minimum Gasteiger partial charge on any atom is -0.480 e. The summed E-state index contributed by atoms with van der Waals surface area (Å²) in [5.74, 6) is -1.35. The van der Waals surface area contributed by atoms with Crippen molar-refractivity contribution in [3.63, 3.8) is 0 Å². The molecule has 5 nitrogen and oxygen atoms in total. The van der Waals surface area contributed by atoms with E-state index >= 15 is 0 Å². The van der Waals surface area contributed by atoms with Crippen molar-refractivity contribution in [2.45, 2.75) is 44.4 Å². The summed E-state index contributed by atoms with van der Waals surface area (Å²) < 4.78 is 13.2. The van der Waals surface area contributed by atoms with Crippen molar-refractivity contribution >= 4 is 11.9 Å². The van der Waals surface area contributed by atoms with Crippen LogP contribution < -0.4 is 5.32 Å². The number of hydrogen-bond acceptors (Lipinski definition) is 3. The highest BCUT2D eigenvalue weighted by atomic mass is 19.1. The van der Waals surface area contributed by atoms with Gasteiger partial charge in [-0.2, -0.15) is 0 Å². The molecule has 1 fully saturated rings. The Kier molecular flexibility index (Phi) is 6.93. The first kappa shape index (κ1) is 19.4. The van der Waals surface area contributed by atoms with Gasteiger partial charge in [0.2, 0.25) is 5.91 Å². The number of carboxylic acid groups (broad SMARTS) is 1. The van der Waals surface area contributed by atoms with Crippen LogP contribution in [0.5, 0.6) is 0 Å². The van der Waals surface area contributed by atoms with E-state index in [1.165, 1.54) is 12.1 Å². The number of benzene rings is 1. The van der Waals surface area contributed by atoms with E-state index in [1.807, 2.05) is 6.92 Å². The Morgan fingerprint density at radius 1 is 1.20 bits per heavy atom. The number of hydrogen-bond donors (Lipinski definition) is 2. The smallest absolute Gasteiger partial charge is 0.317 e. The number of carbonyl (C=O) groups is 2. The third-order valence-corrected chi connectivity index (χ3v) is 4.91. The number of amides is 1. The third kappa shape index (κ3) is 5.53. The molecule has 1 aliphatic carbocycles. The van der Waals surface area contributed by atoms with Gasteiger partial charge < -0.3 is 10.4 Å². The van der Waals surface area contributed by atoms with Gasteiger partial charge in [-0.25, -0.2) is 4.39 Å². The van der Waals surface area contributed by atoms with E-state index in [4.69, 9.17) is 5.11 Å². The highest BCUT2D eigenvalue weighted by molar-refractivity contribution is 5.79. The molecule has 0 spiro atoms. The highest BCUT2D eigenvalue weighted by Crippen LogP contribution is 2.40. The SMILES string of the molecule is CCCN(CC(=O)O)CC(=O)NCC1(c2ccc(F)cc2)CCCC1. The zero-order valence-electron chi connectivity index (χ0n) is 14.8. The number of nitrogens with one attached hydrogen (secondary N) is 1. The van der Waals surface area contributed by atoms with Crippen LogP contribution in [0.3, 0.4) is 0 Å². The molecule has 0 heterocycles. The first-order chi connectivity index (χ1) is 11.9. The molecule has 2 N–H and O–H groups in total. The number of halogens is 1. The Labute approximate surface area is 148 Å². The molecule has 1 aromatic carbocycles. The van der Waals surface area contributed by atoms with Crippen molar-refractivity contribution in [3.8, 4) is 0 Å². The van der Waals surface area contributed by atoms with E-state index in [1.54, 1.807) is 17.0 Å². The van der Waals surface area contributed by atoms with E-state index in [0.717, 1.165) is 37.7 Å². The lowest BCUT2D eigenvalue weighted by Gasteiger charge is -2.30. The van der Waals surface area contributed by atoms with Gasteiger partial charge in [-0.1, -0.05) is 31.9 Å². The molecule has 1 amide bonds. The van der Waals surface area contributed by atoms with Crippen LogP contribution in [0, 0.1) is 5.82 Å². The largest absolute Gasteiger partial charge is 0.480 e. The van der Waals surface area contributed by atoms with E-state index in [2.05, 4.69) is 5.32 Å². The van der Waals surface area contributed by atoms with Gasteiger partial charge in [0, 0.05) is 12.0 Å². The van der Waals surface area contributed by atoms with E-state index in [-0.39, 0.29) is 30.2 Å². The van der Waals surface area contributed by atoms with Crippen LogP contribution in [0.1, 0.15) is 44.6 Å². The van der Waals surface area contributed by atoms with E-state index < -0.39 is 5.97 Å². The van der Waals surface area contributed by atoms with Gasteiger partial charge in [-0.05, 0) is 43.5 Å². The van der Waals surface area contributed by atoms with Crippen molar-refractivity contribution in [3.05, 3.63) is 35.6 Å². The molecule has 1 aromatic rings. The molecule has 0 unspecified atom stereocenters. The van der Waals surface area contributed by atoms with Crippen molar-refractivity contribution in [2.24, 2.45) is 0 Å². The molecular weight excluding hydrogens is 323 g/mol. The average Bonchev–Trinajstić information content (AvgIpc) is 3.03. The first-order valence-electron chi connectivity index (χ1n) is 8.92. The Hall–Kier alpha value is -1.95. The number of aliphatic carboxylic acids is 1. The van der Waals surface area contributed by atoms with Crippen LogP contribution >= 0.6 is 0 Å². The minimum atomic E-state index is -0.931. The number of carboxylic acids is 1. The molecule has 25 heavy (non-hydrogen) atoms. The summed E-state index contributed by atoms with van der Waals surface area (Å²) in [6.45, 7) is 2.98. The summed E-state index contributed by atoms with van der Waals surface area (Å²) >= 11 is 0. The monoisotopic (exact) mass is 350 g/mol. The quantitative estimate of drug-likeness (QED) is 0.718. The molecule has 0 aliphatic heterocycles. The van der Waals surface area contributed by atoms with Crippen LogP contribution in [0.2, 0.25) is 0 Å². The van der Waals surface area contributed by atoms with Crippen LogP contribution in [0.25, 0.3) is 0 Å². The van der Waals surface area contributed by atoms with Crippen molar-refractivity contribution in [1.82, 2.24) is 10.2 Å². The van der Waals surface area contributed by atoms with Gasteiger partial charge >= 0.3 is 5.97 Å². The summed E-state index contributed by atoms with van der Waals surface area (Å²) in [5.41, 5.74) is 0.911. The third-order valence-electron chi connectivity index (χ3n) is 4.91. The van der Waals surface area contributed by atoms with Crippen molar-refractivity contribution in [2.75, 3.05) is 26.2 Å². The molecule has 0 atom stereocenters. The molecule has 0 bridgehead atoms. The van der Waals surface area contributed by atoms with Crippen LogP contribution in [0.15, 0.2) is 24.3 Å². The average molecular weight is 350 g/mol. The van der Waals surface area contributed by atoms with Gasteiger partial charge in [0.25, 0.3) is 0 Å². The fraction of sp³-hybridized carbons (Fsp3) is 0.579. The predicted octanol–water partition coefficient (Wildman–Crippen LogP) is 2.55. The van der Waals surface area contributed by atoms with Crippen LogP contribution in [0.4, 0.5) is 4.39 Å². The lowest BCUT2D eigenvalue weighted by molar-refractivity contribution is -0.138. The van der Waals surface area contributed by atoms with E-state index in [0.29, 0.717) is 13.1 Å². The number of nitrogens with zero attached hydrogens (tertiary/aromatic N) is 1. The van der Waals surface area contributed by atoms with Gasteiger partial charge in [0.1, 0.15) is 5.82 Å². The van der Waals surface area contributed by atoms with Gasteiger partial charge in [-0.15, -0.1) is 0 Å². The first-order valence-corrected chi connectivity index (χ1v) is 8.92. The van der Waals surface area contributed by atoms with Crippen molar-refractivity contribution < 1.29 is 19.1 Å². The summed E-state index contributed by atoms with van der Waals surface area (Å²) in [6.07, 6.45) is 4.90. The fourth-order valence-electron chi connectivity index (χ4n) is 3.67. The molecule has 2 rings (SSSR count). The summed E-state index contributed by atoms with van der Waals surface area (Å²) in [5, 5.41) is 11.9. The molecule has 138 valence electrons. The molecular formula is C19H27FN2O3. The second kappa shape index (κ2) is 8.94. The zero-order chi connectivity index (χ0) is 18.3. The lowest BCUT2D eigenvalue weighted by atomic mass is 9.79. The van der Waals surface area contributed by atoms with Gasteiger partial charge in [-0.3, -0.25) is 14.5 Å². The molecule has 1 saturated carbocycles. The van der Waals surface area contributed by atoms with Gasteiger partial charge in [0.15, 0.2) is 0 Å². The minimum absolute atomic E-state index is 0.0830. The zero-order valence-corrected chi connectivity index (χ0v) is 14.8. The van der Waals surface area contributed by atoms with E-state index in [9.17, 15) is 14.0 Å². The molecule has 0 radical (unpaired) electrons. The van der Waals surface area contributed by atoms with Crippen molar-refractivity contribution in [1.29, 1.82) is 0 Å². The summed E-state index contributed by atoms with van der Waals surface area (Å²) in [7, 11) is 0. The molecule has 1 aliphatic rings. The molecule has 0 saturated heterocycles. The normalized spacial score (nSPS) is 16.1. The standard InChI is InChI=1S/C19H27FN2O3/c1-2-11-22(13-18(24)25)12-17(23)21-14-19(9-3-4-10-19)15-5-7-16(20)8-6-15/h5-8H,2-4,9-14H2,1H3,(H,21,23)(H,24,25). The Bertz CT molecular complexity index is 583. The summed E-state index contributed by atoms with van der Waals surface area (Å²) in [4.78, 5) is 24.8. The number of carbonyl (C=O) groups excluding carboxylic acids is 1. The summed E-state index contributed by atoms with van der Waals surface area (Å²) in [6, 6.07) is 6.54. The Morgan fingerprint density at radius 2 is 1.84 bits per heavy atom.